The predicted octanol–water partition coefficient (Wildman–Crippen LogP) is 10.6. The average molecular weight is 652 g/mol. The normalized spacial score (nSPS) is 14.5. The Bertz CT molecular complexity index is 2890. The lowest BCUT2D eigenvalue weighted by atomic mass is 9.93. The SMILES string of the molecule is N#Cc1cccc(C2=NC(c3ccc4c5ccccc5c5ccccc5c4c3)N=C(c3cccc(-n4c5ccccc5c5ccccc54)c3)N2)c1. The van der Waals surface area contributed by atoms with Gasteiger partial charge in [-0.1, -0.05) is 121 Å². The minimum absolute atomic E-state index is 0.506. The summed E-state index contributed by atoms with van der Waals surface area (Å²) in [7, 11) is 0. The maximum Gasteiger partial charge on any atom is 0.169 e. The first-order valence-corrected chi connectivity index (χ1v) is 17.1. The molecular weight excluding hydrogens is 623 g/mol. The number of aliphatic imine (C=N–C) groups is 2. The first-order chi connectivity index (χ1) is 25.2. The number of nitriles is 1. The van der Waals surface area contributed by atoms with Crippen molar-refractivity contribution >= 4 is 65.8 Å². The molecule has 0 saturated carbocycles. The summed E-state index contributed by atoms with van der Waals surface area (Å²) in [6, 6.07) is 59.3. The molecule has 5 heteroatoms. The molecule has 1 aromatic heterocycles. The van der Waals surface area contributed by atoms with E-state index >= 15 is 0 Å². The molecule has 1 atom stereocenters. The third-order valence-corrected chi connectivity index (χ3v) is 10.0. The number of aromatic nitrogens is 1. The lowest BCUT2D eigenvalue weighted by Crippen LogP contribution is -2.36. The highest BCUT2D eigenvalue weighted by Crippen LogP contribution is 2.38. The summed E-state index contributed by atoms with van der Waals surface area (Å²) in [5.74, 6) is 1.39. The number of rotatable bonds is 4. The van der Waals surface area contributed by atoms with Gasteiger partial charge in [-0.15, -0.1) is 0 Å². The number of hydrogen-bond donors (Lipinski definition) is 1. The van der Waals surface area contributed by atoms with E-state index in [1.165, 1.54) is 43.1 Å². The summed E-state index contributed by atoms with van der Waals surface area (Å²) in [4.78, 5) is 10.5. The number of nitrogens with one attached hydrogen (secondary N) is 1. The van der Waals surface area contributed by atoms with Crippen molar-refractivity contribution < 1.29 is 0 Å². The molecule has 0 saturated heterocycles. The second-order valence-corrected chi connectivity index (χ2v) is 13.0. The van der Waals surface area contributed by atoms with E-state index in [0.29, 0.717) is 11.4 Å². The predicted molar refractivity (Wildman–Crippen MR) is 210 cm³/mol. The van der Waals surface area contributed by atoms with Gasteiger partial charge in [0.25, 0.3) is 0 Å². The quantitative estimate of drug-likeness (QED) is 0.193. The number of fused-ring (bicyclic) bond motifs is 9. The van der Waals surface area contributed by atoms with Gasteiger partial charge in [-0.3, -0.25) is 0 Å². The molecule has 0 spiro atoms. The largest absolute Gasteiger partial charge is 0.324 e. The van der Waals surface area contributed by atoms with Crippen molar-refractivity contribution in [3.63, 3.8) is 0 Å². The van der Waals surface area contributed by atoms with Crippen LogP contribution in [0, 0.1) is 11.3 Å². The zero-order valence-electron chi connectivity index (χ0n) is 27.5. The van der Waals surface area contributed by atoms with E-state index in [1.807, 2.05) is 24.3 Å². The lowest BCUT2D eigenvalue weighted by Gasteiger charge is -2.23. The monoisotopic (exact) mass is 651 g/mol. The van der Waals surface area contributed by atoms with Crippen LogP contribution >= 0.6 is 0 Å². The smallest absolute Gasteiger partial charge is 0.169 e. The highest BCUT2D eigenvalue weighted by atomic mass is 15.2. The van der Waals surface area contributed by atoms with Crippen LogP contribution in [0.3, 0.4) is 0 Å². The van der Waals surface area contributed by atoms with E-state index in [-0.39, 0.29) is 0 Å². The standard InChI is InChI=1S/C46H29N5/c47-28-29-11-9-12-30(25-29)44-48-45(31-13-10-14-33(26-31)51-42-21-7-5-19-39(42)40-20-6-8-22-43(40)51)50-46(49-44)32-23-24-38-36-17-2-1-15-34(36)35-16-3-4-18-37(35)41(38)27-32/h1-27,46H,(H,48,49,50). The van der Waals surface area contributed by atoms with E-state index in [9.17, 15) is 5.26 Å². The van der Waals surface area contributed by atoms with Gasteiger partial charge < -0.3 is 9.88 Å². The fraction of sp³-hybridized carbons (Fsp3) is 0.0217. The van der Waals surface area contributed by atoms with E-state index in [2.05, 4.69) is 155 Å². The van der Waals surface area contributed by atoms with E-state index in [1.54, 1.807) is 0 Å². The van der Waals surface area contributed by atoms with Crippen LogP contribution in [0.1, 0.15) is 28.4 Å². The molecule has 2 heterocycles. The summed E-state index contributed by atoms with van der Waals surface area (Å²) in [5.41, 5.74) is 6.70. The Morgan fingerprint density at radius 2 is 0.980 bits per heavy atom. The van der Waals surface area contributed by atoms with Crippen LogP contribution in [0.25, 0.3) is 59.8 Å². The van der Waals surface area contributed by atoms with Crippen molar-refractivity contribution in [2.24, 2.45) is 9.98 Å². The van der Waals surface area contributed by atoms with Gasteiger partial charge in [0.2, 0.25) is 0 Å². The molecule has 1 N–H and O–H groups in total. The van der Waals surface area contributed by atoms with Crippen molar-refractivity contribution in [2.45, 2.75) is 6.17 Å². The summed E-state index contributed by atoms with van der Waals surface area (Å²) in [5, 5.41) is 23.0. The Morgan fingerprint density at radius 1 is 0.471 bits per heavy atom. The average Bonchev–Trinajstić information content (AvgIpc) is 3.55. The van der Waals surface area contributed by atoms with Gasteiger partial charge in [-0.25, -0.2) is 9.98 Å². The van der Waals surface area contributed by atoms with Gasteiger partial charge in [0.05, 0.1) is 22.7 Å². The number of hydrogen-bond acceptors (Lipinski definition) is 4. The minimum atomic E-state index is -0.506. The second-order valence-electron chi connectivity index (χ2n) is 13.0. The van der Waals surface area contributed by atoms with Crippen LogP contribution < -0.4 is 5.32 Å². The third-order valence-electron chi connectivity index (χ3n) is 10.0. The number of amidine groups is 2. The molecule has 0 amide bonds. The van der Waals surface area contributed by atoms with Crippen molar-refractivity contribution in [1.82, 2.24) is 9.88 Å². The zero-order chi connectivity index (χ0) is 33.9. The van der Waals surface area contributed by atoms with Crippen LogP contribution in [0.15, 0.2) is 174 Å². The Labute approximate surface area is 294 Å². The van der Waals surface area contributed by atoms with Gasteiger partial charge in [-0.05, 0) is 80.3 Å². The molecule has 9 aromatic rings. The van der Waals surface area contributed by atoms with Crippen molar-refractivity contribution in [1.29, 1.82) is 5.26 Å². The molecule has 0 radical (unpaired) electrons. The molecule has 0 bridgehead atoms. The molecular formula is C46H29N5. The van der Waals surface area contributed by atoms with Crippen LogP contribution in [0.2, 0.25) is 0 Å². The first-order valence-electron chi connectivity index (χ1n) is 17.1. The number of nitrogens with zero attached hydrogens (tertiary/aromatic N) is 4. The molecule has 238 valence electrons. The Morgan fingerprint density at radius 3 is 1.59 bits per heavy atom. The minimum Gasteiger partial charge on any atom is -0.324 e. The zero-order valence-corrected chi connectivity index (χ0v) is 27.5. The Balaban J connectivity index is 1.16. The van der Waals surface area contributed by atoms with Gasteiger partial charge in [-0.2, -0.15) is 5.26 Å². The van der Waals surface area contributed by atoms with E-state index in [4.69, 9.17) is 9.98 Å². The van der Waals surface area contributed by atoms with Crippen molar-refractivity contribution in [2.75, 3.05) is 0 Å². The Hall–Kier alpha value is -7.03. The second kappa shape index (κ2) is 11.5. The maximum atomic E-state index is 9.72. The molecule has 0 fully saturated rings. The lowest BCUT2D eigenvalue weighted by molar-refractivity contribution is 0.757. The number of para-hydroxylation sites is 2. The van der Waals surface area contributed by atoms with Crippen molar-refractivity contribution in [3.05, 3.63) is 186 Å². The summed E-state index contributed by atoms with van der Waals surface area (Å²) >= 11 is 0. The highest BCUT2D eigenvalue weighted by Gasteiger charge is 2.23. The van der Waals surface area contributed by atoms with Crippen molar-refractivity contribution in [3.8, 4) is 11.8 Å². The van der Waals surface area contributed by atoms with Crippen LogP contribution in [-0.4, -0.2) is 16.2 Å². The van der Waals surface area contributed by atoms with Gasteiger partial charge >= 0.3 is 0 Å². The van der Waals surface area contributed by atoms with Gasteiger partial charge in [0, 0.05) is 27.6 Å². The first kappa shape index (κ1) is 28.9. The third kappa shape index (κ3) is 4.69. The van der Waals surface area contributed by atoms with E-state index in [0.717, 1.165) is 39.2 Å². The molecule has 0 aliphatic carbocycles. The molecule has 8 aromatic carbocycles. The molecule has 1 unspecified atom stereocenters. The molecule has 1 aliphatic rings. The molecule has 1 aliphatic heterocycles. The van der Waals surface area contributed by atoms with Crippen LogP contribution in [0.4, 0.5) is 0 Å². The van der Waals surface area contributed by atoms with Crippen LogP contribution in [-0.2, 0) is 0 Å². The summed E-state index contributed by atoms with van der Waals surface area (Å²) in [6.45, 7) is 0. The van der Waals surface area contributed by atoms with Gasteiger partial charge in [0.15, 0.2) is 6.17 Å². The Kier molecular flexibility index (Phi) is 6.55. The highest BCUT2D eigenvalue weighted by molar-refractivity contribution is 6.25. The molecule has 5 nitrogen and oxygen atoms in total. The fourth-order valence-electron chi connectivity index (χ4n) is 7.71. The fourth-order valence-corrected chi connectivity index (χ4v) is 7.71. The van der Waals surface area contributed by atoms with Crippen LogP contribution in [0.5, 0.6) is 0 Å². The maximum absolute atomic E-state index is 9.72. The summed E-state index contributed by atoms with van der Waals surface area (Å²) in [6.07, 6.45) is -0.506. The molecule has 10 rings (SSSR count). The molecule has 51 heavy (non-hydrogen) atoms. The van der Waals surface area contributed by atoms with Gasteiger partial charge in [0.1, 0.15) is 11.7 Å². The topological polar surface area (TPSA) is 65.5 Å². The number of benzene rings is 8. The summed E-state index contributed by atoms with van der Waals surface area (Å²) < 4.78 is 2.32. The van der Waals surface area contributed by atoms with E-state index < -0.39 is 6.17 Å².